The van der Waals surface area contributed by atoms with Crippen LogP contribution in [0.3, 0.4) is 0 Å². The summed E-state index contributed by atoms with van der Waals surface area (Å²) < 4.78 is 0. The van der Waals surface area contributed by atoms with Crippen LogP contribution in [0.2, 0.25) is 0 Å². The van der Waals surface area contributed by atoms with Gasteiger partial charge in [0, 0.05) is 18.8 Å². The number of piperidine rings is 1. The van der Waals surface area contributed by atoms with Gasteiger partial charge in [0.05, 0.1) is 5.69 Å². The first-order valence-corrected chi connectivity index (χ1v) is 6.68. The van der Waals surface area contributed by atoms with Crippen LogP contribution in [0.1, 0.15) is 19.0 Å². The van der Waals surface area contributed by atoms with E-state index >= 15 is 0 Å². The van der Waals surface area contributed by atoms with Crippen molar-refractivity contribution < 1.29 is 0 Å². The highest BCUT2D eigenvalue weighted by Crippen LogP contribution is 2.22. The normalized spacial score (nSPS) is 24.8. The van der Waals surface area contributed by atoms with Crippen molar-refractivity contribution in [3.05, 3.63) is 24.0 Å². The second kappa shape index (κ2) is 5.63. The molecule has 1 fully saturated rings. The third-order valence-corrected chi connectivity index (χ3v) is 3.68. The molecule has 1 aromatic rings. The van der Waals surface area contributed by atoms with Crippen LogP contribution >= 0.6 is 12.2 Å². The quantitative estimate of drug-likeness (QED) is 0.810. The first kappa shape index (κ1) is 13.2. The van der Waals surface area contributed by atoms with Crippen LogP contribution in [-0.2, 0) is 0 Å². The van der Waals surface area contributed by atoms with Crippen LogP contribution in [-0.4, -0.2) is 41.1 Å². The summed E-state index contributed by atoms with van der Waals surface area (Å²) in [5.74, 6) is 0.600. The summed E-state index contributed by atoms with van der Waals surface area (Å²) in [6, 6.07) is 4.36. The van der Waals surface area contributed by atoms with E-state index in [2.05, 4.69) is 29.2 Å². The largest absolute Gasteiger partial charge is 0.388 e. The summed E-state index contributed by atoms with van der Waals surface area (Å²) in [4.78, 5) is 6.95. The summed E-state index contributed by atoms with van der Waals surface area (Å²) in [6.07, 6.45) is 2.85. The van der Waals surface area contributed by atoms with Crippen molar-refractivity contribution in [2.75, 3.05) is 25.5 Å². The molecule has 2 heterocycles. The van der Waals surface area contributed by atoms with E-state index < -0.39 is 0 Å². The summed E-state index contributed by atoms with van der Waals surface area (Å²) in [5.41, 5.74) is 7.34. The van der Waals surface area contributed by atoms with Gasteiger partial charge in [0.15, 0.2) is 0 Å². The third kappa shape index (κ3) is 2.97. The lowest BCUT2D eigenvalue weighted by atomic mass is 9.94. The van der Waals surface area contributed by atoms with E-state index in [1.54, 1.807) is 6.20 Å². The zero-order valence-corrected chi connectivity index (χ0v) is 11.7. The van der Waals surface area contributed by atoms with E-state index in [0.717, 1.165) is 25.2 Å². The molecule has 0 amide bonds. The van der Waals surface area contributed by atoms with Crippen molar-refractivity contribution in [1.29, 1.82) is 0 Å². The van der Waals surface area contributed by atoms with Crippen molar-refractivity contribution in [3.8, 4) is 0 Å². The first-order valence-electron chi connectivity index (χ1n) is 6.28. The van der Waals surface area contributed by atoms with Gasteiger partial charge in [-0.05, 0) is 38.1 Å². The Morgan fingerprint density at radius 3 is 3.06 bits per heavy atom. The van der Waals surface area contributed by atoms with E-state index in [1.807, 2.05) is 12.1 Å². The third-order valence-electron chi connectivity index (χ3n) is 3.49. The molecule has 1 saturated heterocycles. The summed E-state index contributed by atoms with van der Waals surface area (Å²) in [6.45, 7) is 4.50. The van der Waals surface area contributed by atoms with Crippen molar-refractivity contribution in [3.63, 3.8) is 0 Å². The Labute approximate surface area is 114 Å². The molecular formula is C13H20N4S. The number of hydrogen-bond acceptors (Lipinski definition) is 4. The van der Waals surface area contributed by atoms with E-state index in [1.165, 1.54) is 0 Å². The van der Waals surface area contributed by atoms with Crippen LogP contribution in [0.5, 0.6) is 0 Å². The minimum Gasteiger partial charge on any atom is -0.388 e. The minimum atomic E-state index is 0.346. The molecule has 2 rings (SSSR count). The van der Waals surface area contributed by atoms with E-state index in [9.17, 15) is 0 Å². The number of nitrogens with one attached hydrogen (secondary N) is 1. The topological polar surface area (TPSA) is 54.2 Å². The number of anilines is 1. The van der Waals surface area contributed by atoms with Gasteiger partial charge in [0.25, 0.3) is 0 Å². The maximum absolute atomic E-state index is 5.70. The fourth-order valence-corrected chi connectivity index (χ4v) is 2.65. The lowest BCUT2D eigenvalue weighted by molar-refractivity contribution is 0.206. The molecule has 3 N–H and O–H groups in total. The number of pyridine rings is 1. The molecule has 2 unspecified atom stereocenters. The molecule has 0 spiro atoms. The van der Waals surface area contributed by atoms with Gasteiger partial charge >= 0.3 is 0 Å². The summed E-state index contributed by atoms with van der Waals surface area (Å²) in [7, 11) is 2.16. The molecule has 1 aliphatic heterocycles. The Morgan fingerprint density at radius 1 is 1.61 bits per heavy atom. The number of likely N-dealkylation sites (tertiary alicyclic amines) is 1. The maximum Gasteiger partial charge on any atom is 0.124 e. The van der Waals surface area contributed by atoms with E-state index in [0.29, 0.717) is 22.6 Å². The predicted molar refractivity (Wildman–Crippen MR) is 78.8 cm³/mol. The van der Waals surface area contributed by atoms with Gasteiger partial charge in [0.1, 0.15) is 10.7 Å². The SMILES string of the molecule is CC1CN(C)CCC1Nc1cccnc1C(N)=S. The zero-order chi connectivity index (χ0) is 13.1. The highest BCUT2D eigenvalue weighted by atomic mass is 32.1. The van der Waals surface area contributed by atoms with Crippen LogP contribution in [0.4, 0.5) is 5.69 Å². The first-order chi connectivity index (χ1) is 8.58. The van der Waals surface area contributed by atoms with Gasteiger partial charge in [-0.2, -0.15) is 0 Å². The number of nitrogens with two attached hydrogens (primary N) is 1. The predicted octanol–water partition coefficient (Wildman–Crippen LogP) is 1.47. The molecule has 0 saturated carbocycles. The number of hydrogen-bond donors (Lipinski definition) is 2. The standard InChI is InChI=1S/C13H20N4S/c1-9-8-17(2)7-5-10(9)16-11-4-3-6-15-12(11)13(14)18/h3-4,6,9-10,16H,5,7-8H2,1-2H3,(H2,14,18). The molecule has 0 aliphatic carbocycles. The molecule has 1 aromatic heterocycles. The lowest BCUT2D eigenvalue weighted by Crippen LogP contribution is -2.43. The Kier molecular flexibility index (Phi) is 4.14. The second-order valence-electron chi connectivity index (χ2n) is 5.04. The molecule has 0 aromatic carbocycles. The van der Waals surface area contributed by atoms with Crippen molar-refractivity contribution in [1.82, 2.24) is 9.88 Å². The number of thiocarbonyl (C=S) groups is 1. The van der Waals surface area contributed by atoms with Crippen LogP contribution in [0.15, 0.2) is 18.3 Å². The lowest BCUT2D eigenvalue weighted by Gasteiger charge is -2.36. The fourth-order valence-electron chi connectivity index (χ4n) is 2.49. The maximum atomic E-state index is 5.70. The zero-order valence-electron chi connectivity index (χ0n) is 10.9. The van der Waals surface area contributed by atoms with Crippen molar-refractivity contribution >= 4 is 22.9 Å². The van der Waals surface area contributed by atoms with E-state index in [-0.39, 0.29) is 0 Å². The summed E-state index contributed by atoms with van der Waals surface area (Å²) >= 11 is 5.03. The number of rotatable bonds is 3. The summed E-state index contributed by atoms with van der Waals surface area (Å²) in [5, 5.41) is 3.54. The molecule has 5 heteroatoms. The minimum absolute atomic E-state index is 0.346. The molecule has 4 nitrogen and oxygen atoms in total. The Balaban J connectivity index is 2.12. The highest BCUT2D eigenvalue weighted by molar-refractivity contribution is 7.80. The molecule has 1 aliphatic rings. The van der Waals surface area contributed by atoms with Crippen LogP contribution in [0.25, 0.3) is 0 Å². The second-order valence-corrected chi connectivity index (χ2v) is 5.48. The average Bonchev–Trinajstić information content (AvgIpc) is 2.33. The van der Waals surface area contributed by atoms with Gasteiger partial charge in [-0.3, -0.25) is 4.98 Å². The van der Waals surface area contributed by atoms with Gasteiger partial charge < -0.3 is 16.0 Å². The van der Waals surface area contributed by atoms with Crippen molar-refractivity contribution in [2.45, 2.75) is 19.4 Å². The van der Waals surface area contributed by atoms with Gasteiger partial charge in [-0.1, -0.05) is 19.1 Å². The smallest absolute Gasteiger partial charge is 0.124 e. The molecular weight excluding hydrogens is 244 g/mol. The Hall–Kier alpha value is -1.20. The average molecular weight is 264 g/mol. The van der Waals surface area contributed by atoms with Crippen molar-refractivity contribution in [2.24, 2.45) is 11.7 Å². The number of nitrogens with zero attached hydrogens (tertiary/aromatic N) is 2. The molecule has 0 bridgehead atoms. The Morgan fingerprint density at radius 2 is 2.39 bits per heavy atom. The Bertz CT molecular complexity index is 435. The van der Waals surface area contributed by atoms with E-state index in [4.69, 9.17) is 18.0 Å². The molecule has 98 valence electrons. The van der Waals surface area contributed by atoms with Gasteiger partial charge in [-0.15, -0.1) is 0 Å². The molecule has 18 heavy (non-hydrogen) atoms. The highest BCUT2D eigenvalue weighted by Gasteiger charge is 2.24. The van der Waals surface area contributed by atoms with Crippen LogP contribution in [0, 0.1) is 5.92 Å². The van der Waals surface area contributed by atoms with Gasteiger partial charge in [-0.25, -0.2) is 0 Å². The van der Waals surface area contributed by atoms with Gasteiger partial charge in [0.2, 0.25) is 0 Å². The fraction of sp³-hybridized carbons (Fsp3) is 0.538. The molecule has 0 radical (unpaired) electrons. The monoisotopic (exact) mass is 264 g/mol. The van der Waals surface area contributed by atoms with Crippen LogP contribution < -0.4 is 11.1 Å². The molecule has 2 atom stereocenters. The number of aromatic nitrogens is 1.